The number of aliphatic hydroxyl groups is 1. The summed E-state index contributed by atoms with van der Waals surface area (Å²) in [5.41, 5.74) is 5.40. The summed E-state index contributed by atoms with van der Waals surface area (Å²) in [4.78, 5) is 6.69. The molecule has 1 N–H and O–H groups in total. The molecule has 0 aliphatic carbocycles. The Bertz CT molecular complexity index is 992. The molecule has 150 valence electrons. The normalized spacial score (nSPS) is 16.2. The molecule has 29 heavy (non-hydrogen) atoms. The number of rotatable bonds is 6. The second-order valence-electron chi connectivity index (χ2n) is 7.40. The molecule has 1 aliphatic heterocycles. The van der Waals surface area contributed by atoms with Crippen LogP contribution in [0, 0.1) is 6.92 Å². The molecule has 0 radical (unpaired) electrons. The first-order valence-corrected chi connectivity index (χ1v) is 10.4. The highest BCUT2D eigenvalue weighted by Gasteiger charge is 2.26. The number of aryl methyl sites for hydroxylation is 1. The van der Waals surface area contributed by atoms with Crippen LogP contribution >= 0.6 is 11.6 Å². The minimum atomic E-state index is 0.105. The van der Waals surface area contributed by atoms with Crippen LogP contribution in [0.4, 0.5) is 5.69 Å². The fourth-order valence-corrected chi connectivity index (χ4v) is 4.12. The van der Waals surface area contributed by atoms with Crippen LogP contribution in [0.1, 0.15) is 17.5 Å². The number of halogens is 1. The third-order valence-electron chi connectivity index (χ3n) is 5.37. The SMILES string of the molecule is Cc1cccnc1O[C@H]1CCN(c2ccc(-c3ccccc3Cl)cc2CCO)C1. The molecule has 0 spiro atoms. The van der Waals surface area contributed by atoms with Crippen LogP contribution in [0.3, 0.4) is 0 Å². The van der Waals surface area contributed by atoms with Gasteiger partial charge in [0.25, 0.3) is 0 Å². The Kier molecular flexibility index (Phi) is 6.02. The van der Waals surface area contributed by atoms with Gasteiger partial charge in [-0.05, 0) is 48.7 Å². The number of pyridine rings is 1. The zero-order valence-electron chi connectivity index (χ0n) is 16.5. The molecule has 0 saturated carbocycles. The lowest BCUT2D eigenvalue weighted by Crippen LogP contribution is -2.26. The van der Waals surface area contributed by atoms with Gasteiger partial charge in [-0.3, -0.25) is 0 Å². The van der Waals surface area contributed by atoms with E-state index in [4.69, 9.17) is 16.3 Å². The van der Waals surface area contributed by atoms with Gasteiger partial charge in [0, 0.05) is 47.6 Å². The molecule has 4 nitrogen and oxygen atoms in total. The largest absolute Gasteiger partial charge is 0.472 e. The smallest absolute Gasteiger partial charge is 0.216 e. The lowest BCUT2D eigenvalue weighted by molar-refractivity contribution is 0.214. The Morgan fingerprint density at radius 2 is 2.03 bits per heavy atom. The van der Waals surface area contributed by atoms with E-state index in [1.165, 1.54) is 0 Å². The van der Waals surface area contributed by atoms with E-state index in [2.05, 4.69) is 28.1 Å². The predicted octanol–water partition coefficient (Wildman–Crippen LogP) is 4.90. The van der Waals surface area contributed by atoms with Gasteiger partial charge in [0.15, 0.2) is 0 Å². The van der Waals surface area contributed by atoms with Gasteiger partial charge >= 0.3 is 0 Å². The van der Waals surface area contributed by atoms with Gasteiger partial charge in [-0.1, -0.05) is 41.9 Å². The number of hydrogen-bond donors (Lipinski definition) is 1. The summed E-state index contributed by atoms with van der Waals surface area (Å²) in [6, 6.07) is 18.2. The first-order chi connectivity index (χ1) is 14.2. The van der Waals surface area contributed by atoms with Crippen molar-refractivity contribution >= 4 is 17.3 Å². The lowest BCUT2D eigenvalue weighted by Gasteiger charge is -2.23. The van der Waals surface area contributed by atoms with E-state index >= 15 is 0 Å². The Balaban J connectivity index is 1.55. The maximum absolute atomic E-state index is 9.60. The second-order valence-corrected chi connectivity index (χ2v) is 7.80. The fraction of sp³-hybridized carbons (Fsp3) is 0.292. The highest BCUT2D eigenvalue weighted by molar-refractivity contribution is 6.33. The fourth-order valence-electron chi connectivity index (χ4n) is 3.87. The zero-order chi connectivity index (χ0) is 20.2. The van der Waals surface area contributed by atoms with Crippen LogP contribution in [0.5, 0.6) is 5.88 Å². The Morgan fingerprint density at radius 3 is 2.83 bits per heavy atom. The monoisotopic (exact) mass is 408 g/mol. The van der Waals surface area contributed by atoms with Crippen molar-refractivity contribution in [3.8, 4) is 17.0 Å². The third kappa shape index (κ3) is 4.39. The van der Waals surface area contributed by atoms with Crippen LogP contribution in [0.2, 0.25) is 5.02 Å². The molecule has 5 heteroatoms. The molecule has 0 amide bonds. The highest BCUT2D eigenvalue weighted by atomic mass is 35.5. The van der Waals surface area contributed by atoms with Crippen molar-refractivity contribution < 1.29 is 9.84 Å². The van der Waals surface area contributed by atoms with E-state index in [9.17, 15) is 5.11 Å². The van der Waals surface area contributed by atoms with E-state index in [0.29, 0.717) is 12.3 Å². The number of ether oxygens (including phenoxy) is 1. The first kappa shape index (κ1) is 19.7. The molecule has 3 aromatic rings. The molecule has 2 heterocycles. The first-order valence-electron chi connectivity index (χ1n) is 9.97. The zero-order valence-corrected chi connectivity index (χ0v) is 17.3. The maximum Gasteiger partial charge on any atom is 0.216 e. The van der Waals surface area contributed by atoms with Gasteiger partial charge in [0.2, 0.25) is 5.88 Å². The van der Waals surface area contributed by atoms with E-state index in [1.807, 2.05) is 43.3 Å². The second kappa shape index (κ2) is 8.85. The number of aromatic nitrogens is 1. The number of aliphatic hydroxyl groups excluding tert-OH is 1. The maximum atomic E-state index is 9.60. The molecule has 2 aromatic carbocycles. The van der Waals surface area contributed by atoms with Gasteiger partial charge < -0.3 is 14.7 Å². The number of hydrogen-bond acceptors (Lipinski definition) is 4. The van der Waals surface area contributed by atoms with Crippen molar-refractivity contribution in [1.29, 1.82) is 0 Å². The van der Waals surface area contributed by atoms with Crippen LogP contribution in [0.15, 0.2) is 60.8 Å². The quantitative estimate of drug-likeness (QED) is 0.629. The molecule has 4 rings (SSSR count). The molecular weight excluding hydrogens is 384 g/mol. The number of nitrogens with zero attached hydrogens (tertiary/aromatic N) is 2. The third-order valence-corrected chi connectivity index (χ3v) is 5.70. The van der Waals surface area contributed by atoms with E-state index < -0.39 is 0 Å². The van der Waals surface area contributed by atoms with Crippen LogP contribution in [0.25, 0.3) is 11.1 Å². The minimum Gasteiger partial charge on any atom is -0.472 e. The molecule has 1 saturated heterocycles. The van der Waals surface area contributed by atoms with E-state index in [0.717, 1.165) is 52.5 Å². The highest BCUT2D eigenvalue weighted by Crippen LogP contribution is 2.33. The van der Waals surface area contributed by atoms with Crippen LogP contribution in [-0.4, -0.2) is 35.9 Å². The minimum absolute atomic E-state index is 0.105. The van der Waals surface area contributed by atoms with Gasteiger partial charge in [-0.15, -0.1) is 0 Å². The van der Waals surface area contributed by atoms with E-state index in [1.54, 1.807) is 6.20 Å². The number of benzene rings is 2. The summed E-state index contributed by atoms with van der Waals surface area (Å²) in [6.45, 7) is 3.85. The number of anilines is 1. The molecular formula is C24H25ClN2O2. The molecule has 0 bridgehead atoms. The summed E-state index contributed by atoms with van der Waals surface area (Å²) < 4.78 is 6.15. The summed E-state index contributed by atoms with van der Waals surface area (Å²) in [5.74, 6) is 0.712. The summed E-state index contributed by atoms with van der Waals surface area (Å²) >= 11 is 6.38. The predicted molar refractivity (Wildman–Crippen MR) is 118 cm³/mol. The Labute approximate surface area is 176 Å². The summed E-state index contributed by atoms with van der Waals surface area (Å²) in [7, 11) is 0. The van der Waals surface area contributed by atoms with Crippen molar-refractivity contribution in [2.75, 3.05) is 24.6 Å². The molecule has 0 unspecified atom stereocenters. The topological polar surface area (TPSA) is 45.6 Å². The molecule has 1 aliphatic rings. The molecule has 1 atom stereocenters. The van der Waals surface area contributed by atoms with Crippen molar-refractivity contribution in [1.82, 2.24) is 4.98 Å². The standard InChI is InChI=1S/C24H25ClN2O2/c1-17-5-4-12-26-24(17)29-20-10-13-27(16-20)23-9-8-18(15-19(23)11-14-28)21-6-2-3-7-22(21)25/h2-9,12,15,20,28H,10-11,13-14,16H2,1H3/t20-/m0/s1. The van der Waals surface area contributed by atoms with Crippen molar-refractivity contribution in [3.63, 3.8) is 0 Å². The van der Waals surface area contributed by atoms with Crippen LogP contribution < -0.4 is 9.64 Å². The lowest BCUT2D eigenvalue weighted by atomic mass is 9.99. The van der Waals surface area contributed by atoms with Gasteiger partial charge in [0.05, 0.1) is 6.54 Å². The van der Waals surface area contributed by atoms with Crippen molar-refractivity contribution in [3.05, 3.63) is 76.9 Å². The molecule has 1 fully saturated rings. The van der Waals surface area contributed by atoms with Crippen molar-refractivity contribution in [2.24, 2.45) is 0 Å². The van der Waals surface area contributed by atoms with E-state index in [-0.39, 0.29) is 12.7 Å². The average molecular weight is 409 g/mol. The summed E-state index contributed by atoms with van der Waals surface area (Å²) in [6.07, 6.45) is 3.42. The summed E-state index contributed by atoms with van der Waals surface area (Å²) in [5, 5.41) is 10.3. The molecule has 1 aromatic heterocycles. The Hall–Kier alpha value is -2.56. The average Bonchev–Trinajstić information content (AvgIpc) is 3.19. The van der Waals surface area contributed by atoms with Gasteiger partial charge in [-0.2, -0.15) is 0 Å². The van der Waals surface area contributed by atoms with Crippen molar-refractivity contribution in [2.45, 2.75) is 25.9 Å². The van der Waals surface area contributed by atoms with Crippen LogP contribution in [-0.2, 0) is 6.42 Å². The van der Waals surface area contributed by atoms with Gasteiger partial charge in [0.1, 0.15) is 6.10 Å². The van der Waals surface area contributed by atoms with Gasteiger partial charge in [-0.25, -0.2) is 4.98 Å². The Morgan fingerprint density at radius 1 is 1.17 bits per heavy atom.